The summed E-state index contributed by atoms with van der Waals surface area (Å²) < 4.78 is 1.55. The summed E-state index contributed by atoms with van der Waals surface area (Å²) in [6.45, 7) is 0.259. The third-order valence-corrected chi connectivity index (χ3v) is 2.43. The standard InChI is InChI=1S/C11H13N5O2/c1-16-6-7(4-12)10(15-16)14-11(18)8-5-13-3-2-9(8)17/h2-3,5-6H,4,12H2,1H3,(H,13,17)(H,14,15,18). The Bertz CT molecular complexity index is 628. The van der Waals surface area contributed by atoms with Gasteiger partial charge in [-0.1, -0.05) is 0 Å². The second kappa shape index (κ2) is 4.84. The molecule has 0 fully saturated rings. The van der Waals surface area contributed by atoms with Gasteiger partial charge >= 0.3 is 0 Å². The molecule has 18 heavy (non-hydrogen) atoms. The number of anilines is 1. The van der Waals surface area contributed by atoms with Crippen LogP contribution in [0.25, 0.3) is 0 Å². The zero-order valence-corrected chi connectivity index (χ0v) is 9.80. The van der Waals surface area contributed by atoms with Gasteiger partial charge in [-0.2, -0.15) is 5.10 Å². The van der Waals surface area contributed by atoms with Crippen molar-refractivity contribution in [2.45, 2.75) is 6.54 Å². The minimum Gasteiger partial charge on any atom is -0.367 e. The maximum absolute atomic E-state index is 11.9. The molecule has 0 bridgehead atoms. The number of aromatic nitrogens is 3. The van der Waals surface area contributed by atoms with Gasteiger partial charge in [-0.15, -0.1) is 0 Å². The first-order valence-electron chi connectivity index (χ1n) is 5.33. The molecule has 7 heteroatoms. The van der Waals surface area contributed by atoms with E-state index in [1.54, 1.807) is 17.9 Å². The molecule has 7 nitrogen and oxygen atoms in total. The monoisotopic (exact) mass is 247 g/mol. The van der Waals surface area contributed by atoms with Crippen molar-refractivity contribution >= 4 is 11.7 Å². The molecule has 0 radical (unpaired) electrons. The highest BCUT2D eigenvalue weighted by Gasteiger charge is 2.13. The molecule has 0 spiro atoms. The molecular weight excluding hydrogens is 234 g/mol. The first-order chi connectivity index (χ1) is 8.61. The number of aryl methyl sites for hydroxylation is 1. The Morgan fingerprint density at radius 1 is 1.61 bits per heavy atom. The zero-order chi connectivity index (χ0) is 13.1. The fraction of sp³-hybridized carbons (Fsp3) is 0.182. The summed E-state index contributed by atoms with van der Waals surface area (Å²) in [7, 11) is 1.73. The van der Waals surface area contributed by atoms with Crippen LogP contribution >= 0.6 is 0 Å². The molecule has 0 aliphatic carbocycles. The van der Waals surface area contributed by atoms with E-state index < -0.39 is 5.91 Å². The molecule has 0 saturated carbocycles. The van der Waals surface area contributed by atoms with Gasteiger partial charge in [0.05, 0.1) is 0 Å². The lowest BCUT2D eigenvalue weighted by Gasteiger charge is -2.02. The van der Waals surface area contributed by atoms with E-state index in [0.29, 0.717) is 11.4 Å². The van der Waals surface area contributed by atoms with Crippen LogP contribution in [-0.4, -0.2) is 20.7 Å². The molecule has 0 aliphatic rings. The topological polar surface area (TPSA) is 106 Å². The van der Waals surface area contributed by atoms with Crippen LogP contribution in [0.4, 0.5) is 5.82 Å². The van der Waals surface area contributed by atoms with E-state index in [-0.39, 0.29) is 17.5 Å². The Labute approximate surface area is 103 Å². The van der Waals surface area contributed by atoms with E-state index in [1.165, 1.54) is 18.5 Å². The fourth-order valence-electron chi connectivity index (χ4n) is 1.56. The molecule has 0 saturated heterocycles. The Morgan fingerprint density at radius 3 is 3.06 bits per heavy atom. The summed E-state index contributed by atoms with van der Waals surface area (Å²) >= 11 is 0. The third-order valence-electron chi connectivity index (χ3n) is 2.43. The number of nitrogens with one attached hydrogen (secondary N) is 2. The van der Waals surface area contributed by atoms with Crippen LogP contribution in [0.15, 0.2) is 29.5 Å². The summed E-state index contributed by atoms with van der Waals surface area (Å²) in [6, 6.07) is 1.29. The number of hydrogen-bond acceptors (Lipinski definition) is 4. The highest BCUT2D eigenvalue weighted by molar-refractivity contribution is 6.03. The van der Waals surface area contributed by atoms with Gasteiger partial charge < -0.3 is 16.0 Å². The number of amides is 1. The molecule has 94 valence electrons. The molecule has 2 rings (SSSR count). The van der Waals surface area contributed by atoms with Gasteiger partial charge in [0, 0.05) is 43.8 Å². The summed E-state index contributed by atoms with van der Waals surface area (Å²) in [4.78, 5) is 26.1. The number of H-pyrrole nitrogens is 1. The predicted molar refractivity (Wildman–Crippen MR) is 66.1 cm³/mol. The number of carbonyl (C=O) groups excluding carboxylic acids is 1. The number of rotatable bonds is 3. The molecule has 1 amide bonds. The van der Waals surface area contributed by atoms with Crippen molar-refractivity contribution < 1.29 is 4.79 Å². The summed E-state index contributed by atoms with van der Waals surface area (Å²) in [5, 5.41) is 6.64. The molecule has 4 N–H and O–H groups in total. The van der Waals surface area contributed by atoms with Crippen LogP contribution in [0.2, 0.25) is 0 Å². The number of nitrogens with two attached hydrogens (primary N) is 1. The second-order valence-corrected chi connectivity index (χ2v) is 3.76. The normalized spacial score (nSPS) is 10.3. The van der Waals surface area contributed by atoms with Gasteiger partial charge in [0.25, 0.3) is 5.91 Å². The lowest BCUT2D eigenvalue weighted by atomic mass is 10.2. The first-order valence-corrected chi connectivity index (χ1v) is 5.33. The molecular formula is C11H13N5O2. The number of pyridine rings is 1. The van der Waals surface area contributed by atoms with E-state index in [1.807, 2.05) is 0 Å². The summed E-state index contributed by atoms with van der Waals surface area (Å²) in [5.41, 5.74) is 5.93. The quantitative estimate of drug-likeness (QED) is 0.699. The van der Waals surface area contributed by atoms with Gasteiger partial charge in [-0.3, -0.25) is 14.3 Å². The SMILES string of the molecule is Cn1cc(CN)c(NC(=O)c2c[nH]ccc2=O)n1. The van der Waals surface area contributed by atoms with Crippen LogP contribution in [0, 0.1) is 0 Å². The van der Waals surface area contributed by atoms with Crippen molar-refractivity contribution in [2.24, 2.45) is 12.8 Å². The van der Waals surface area contributed by atoms with Crippen LogP contribution in [-0.2, 0) is 13.6 Å². The lowest BCUT2D eigenvalue weighted by Crippen LogP contribution is -2.21. The van der Waals surface area contributed by atoms with E-state index in [0.717, 1.165) is 0 Å². The Hall–Kier alpha value is -2.41. The maximum Gasteiger partial charge on any atom is 0.262 e. The highest BCUT2D eigenvalue weighted by Crippen LogP contribution is 2.12. The largest absolute Gasteiger partial charge is 0.367 e. The van der Waals surface area contributed by atoms with Crippen LogP contribution in [0.1, 0.15) is 15.9 Å². The van der Waals surface area contributed by atoms with Gasteiger partial charge in [0.1, 0.15) is 5.56 Å². The van der Waals surface area contributed by atoms with Crippen molar-refractivity contribution in [3.8, 4) is 0 Å². The number of hydrogen-bond donors (Lipinski definition) is 3. The average molecular weight is 247 g/mol. The van der Waals surface area contributed by atoms with Gasteiger partial charge in [0.15, 0.2) is 11.2 Å². The second-order valence-electron chi connectivity index (χ2n) is 3.76. The van der Waals surface area contributed by atoms with Crippen molar-refractivity contribution in [3.05, 3.63) is 46.0 Å². The fourth-order valence-corrected chi connectivity index (χ4v) is 1.56. The molecule has 0 aliphatic heterocycles. The molecule has 2 heterocycles. The van der Waals surface area contributed by atoms with E-state index in [9.17, 15) is 9.59 Å². The van der Waals surface area contributed by atoms with Crippen molar-refractivity contribution in [2.75, 3.05) is 5.32 Å². The highest BCUT2D eigenvalue weighted by atomic mass is 16.2. The van der Waals surface area contributed by atoms with Crippen molar-refractivity contribution in [1.82, 2.24) is 14.8 Å². The average Bonchev–Trinajstić information content (AvgIpc) is 2.70. The summed E-state index contributed by atoms with van der Waals surface area (Å²) in [6.07, 6.45) is 4.53. The van der Waals surface area contributed by atoms with Gasteiger partial charge in [-0.25, -0.2) is 0 Å². The van der Waals surface area contributed by atoms with Crippen LogP contribution in [0.5, 0.6) is 0 Å². The van der Waals surface area contributed by atoms with E-state index >= 15 is 0 Å². The predicted octanol–water partition coefficient (Wildman–Crippen LogP) is -0.181. The van der Waals surface area contributed by atoms with Crippen LogP contribution in [0.3, 0.4) is 0 Å². The lowest BCUT2D eigenvalue weighted by molar-refractivity contribution is 0.102. The van der Waals surface area contributed by atoms with E-state index in [2.05, 4.69) is 15.4 Å². The van der Waals surface area contributed by atoms with Gasteiger partial charge in [0.2, 0.25) is 0 Å². The minimum absolute atomic E-state index is 0.0334. The van der Waals surface area contributed by atoms with Gasteiger partial charge in [-0.05, 0) is 0 Å². The maximum atomic E-state index is 11.9. The first kappa shape index (κ1) is 12.1. The molecule has 0 aromatic carbocycles. The molecule has 0 unspecified atom stereocenters. The molecule has 2 aromatic rings. The van der Waals surface area contributed by atoms with Crippen molar-refractivity contribution in [3.63, 3.8) is 0 Å². The zero-order valence-electron chi connectivity index (χ0n) is 9.80. The van der Waals surface area contributed by atoms with Crippen LogP contribution < -0.4 is 16.5 Å². The Kier molecular flexibility index (Phi) is 3.24. The third kappa shape index (κ3) is 2.30. The number of carbonyl (C=O) groups is 1. The number of aromatic amines is 1. The molecule has 0 atom stereocenters. The summed E-state index contributed by atoms with van der Waals surface area (Å²) in [5.74, 6) is -0.140. The smallest absolute Gasteiger partial charge is 0.262 e. The Balaban J connectivity index is 2.27. The molecule has 2 aromatic heterocycles. The van der Waals surface area contributed by atoms with E-state index in [4.69, 9.17) is 5.73 Å². The number of nitrogens with zero attached hydrogens (tertiary/aromatic N) is 2. The Morgan fingerprint density at radius 2 is 2.39 bits per heavy atom. The van der Waals surface area contributed by atoms with Crippen molar-refractivity contribution in [1.29, 1.82) is 0 Å². The minimum atomic E-state index is -0.509.